The molecule has 0 bridgehead atoms. The van der Waals surface area contributed by atoms with Gasteiger partial charge in [0.05, 0.1) is 12.5 Å². The van der Waals surface area contributed by atoms with Crippen molar-refractivity contribution in [1.29, 1.82) is 0 Å². The Morgan fingerprint density at radius 3 is 2.69 bits per heavy atom. The van der Waals surface area contributed by atoms with Crippen LogP contribution in [0.25, 0.3) is 0 Å². The quantitative estimate of drug-likeness (QED) is 0.792. The first-order valence-electron chi connectivity index (χ1n) is 5.71. The maximum absolute atomic E-state index is 11.7. The van der Waals surface area contributed by atoms with Gasteiger partial charge in [-0.1, -0.05) is 18.2 Å². The lowest BCUT2D eigenvalue weighted by Gasteiger charge is -2.27. The van der Waals surface area contributed by atoms with Crippen LogP contribution in [0.2, 0.25) is 0 Å². The Morgan fingerprint density at radius 1 is 1.38 bits per heavy atom. The summed E-state index contributed by atoms with van der Waals surface area (Å²) < 4.78 is 0. The highest BCUT2D eigenvalue weighted by molar-refractivity contribution is 5.79. The van der Waals surface area contributed by atoms with Crippen LogP contribution in [-0.4, -0.2) is 25.0 Å². The predicted octanol–water partition coefficient (Wildman–Crippen LogP) is 0.934. The third-order valence-corrected chi connectivity index (χ3v) is 3.08. The van der Waals surface area contributed by atoms with Crippen molar-refractivity contribution >= 4 is 5.91 Å². The lowest BCUT2D eigenvalue weighted by molar-refractivity contribution is -0.121. The highest BCUT2D eigenvalue weighted by atomic mass is 16.1. The first-order valence-corrected chi connectivity index (χ1v) is 5.71. The Bertz CT molecular complexity index is 397. The average molecular weight is 218 g/mol. The van der Waals surface area contributed by atoms with Gasteiger partial charge in [0.25, 0.3) is 0 Å². The molecule has 3 nitrogen and oxygen atoms in total. The van der Waals surface area contributed by atoms with E-state index >= 15 is 0 Å². The monoisotopic (exact) mass is 218 g/mol. The number of amides is 1. The van der Waals surface area contributed by atoms with Crippen molar-refractivity contribution in [2.45, 2.75) is 26.3 Å². The van der Waals surface area contributed by atoms with Gasteiger partial charge >= 0.3 is 0 Å². The van der Waals surface area contributed by atoms with Gasteiger partial charge in [0, 0.05) is 13.1 Å². The van der Waals surface area contributed by atoms with Gasteiger partial charge in [0.2, 0.25) is 5.91 Å². The molecule has 1 heterocycles. The van der Waals surface area contributed by atoms with Gasteiger partial charge in [0.1, 0.15) is 0 Å². The van der Waals surface area contributed by atoms with E-state index in [0.29, 0.717) is 12.5 Å². The Hall–Kier alpha value is -1.35. The number of carbonyl (C=O) groups excluding carboxylic acids is 1. The number of aryl methyl sites for hydroxylation is 2. The van der Waals surface area contributed by atoms with Crippen molar-refractivity contribution in [3.05, 3.63) is 34.9 Å². The van der Waals surface area contributed by atoms with E-state index < -0.39 is 0 Å². The molecule has 0 saturated carbocycles. The van der Waals surface area contributed by atoms with E-state index in [-0.39, 0.29) is 5.91 Å². The predicted molar refractivity (Wildman–Crippen MR) is 64.4 cm³/mol. The van der Waals surface area contributed by atoms with Crippen LogP contribution >= 0.6 is 0 Å². The third kappa shape index (κ3) is 2.61. The van der Waals surface area contributed by atoms with Crippen molar-refractivity contribution in [1.82, 2.24) is 10.6 Å². The summed E-state index contributed by atoms with van der Waals surface area (Å²) in [5.74, 6) is 0.120. The van der Waals surface area contributed by atoms with Crippen LogP contribution in [-0.2, 0) is 11.2 Å². The van der Waals surface area contributed by atoms with Crippen LogP contribution in [0.3, 0.4) is 0 Å². The maximum atomic E-state index is 11.7. The molecule has 2 N–H and O–H groups in total. The molecule has 1 saturated heterocycles. The van der Waals surface area contributed by atoms with Crippen molar-refractivity contribution in [2.24, 2.45) is 0 Å². The molecule has 16 heavy (non-hydrogen) atoms. The van der Waals surface area contributed by atoms with E-state index in [1.165, 1.54) is 11.1 Å². The van der Waals surface area contributed by atoms with E-state index in [0.717, 1.165) is 18.7 Å². The smallest absolute Gasteiger partial charge is 0.224 e. The molecule has 86 valence electrons. The van der Waals surface area contributed by atoms with E-state index in [2.05, 4.69) is 36.6 Å². The molecule has 0 radical (unpaired) electrons. The molecule has 0 unspecified atom stereocenters. The standard InChI is InChI=1S/C13H18N2O/c1-9-3-4-11(5-10(9)2)6-13(16)15-12-7-14-8-12/h3-5,12,14H,6-8H2,1-2H3,(H,15,16). The molecular weight excluding hydrogens is 200 g/mol. The summed E-state index contributed by atoms with van der Waals surface area (Å²) in [6.07, 6.45) is 0.484. The fraction of sp³-hybridized carbons (Fsp3) is 0.462. The van der Waals surface area contributed by atoms with E-state index in [1.54, 1.807) is 0 Å². The van der Waals surface area contributed by atoms with Gasteiger partial charge in [-0.25, -0.2) is 0 Å². The highest BCUT2D eigenvalue weighted by Crippen LogP contribution is 2.10. The minimum Gasteiger partial charge on any atom is -0.351 e. The lowest BCUT2D eigenvalue weighted by atomic mass is 10.0. The van der Waals surface area contributed by atoms with E-state index in [9.17, 15) is 4.79 Å². The fourth-order valence-corrected chi connectivity index (χ4v) is 1.77. The number of hydrogen-bond donors (Lipinski definition) is 2. The van der Waals surface area contributed by atoms with Crippen LogP contribution in [0.5, 0.6) is 0 Å². The van der Waals surface area contributed by atoms with Crippen LogP contribution in [0.1, 0.15) is 16.7 Å². The Balaban J connectivity index is 1.92. The van der Waals surface area contributed by atoms with E-state index in [1.807, 2.05) is 6.07 Å². The second-order valence-electron chi connectivity index (χ2n) is 4.52. The molecule has 1 aromatic rings. The summed E-state index contributed by atoms with van der Waals surface area (Å²) in [5.41, 5.74) is 3.61. The summed E-state index contributed by atoms with van der Waals surface area (Å²) in [4.78, 5) is 11.7. The average Bonchev–Trinajstić information content (AvgIpc) is 2.18. The topological polar surface area (TPSA) is 41.1 Å². The van der Waals surface area contributed by atoms with E-state index in [4.69, 9.17) is 0 Å². The molecule has 3 heteroatoms. The summed E-state index contributed by atoms with van der Waals surface area (Å²) in [6, 6.07) is 6.52. The molecule has 0 atom stereocenters. The van der Waals surface area contributed by atoms with Gasteiger partial charge in [-0.3, -0.25) is 4.79 Å². The third-order valence-electron chi connectivity index (χ3n) is 3.08. The number of carbonyl (C=O) groups is 1. The minimum atomic E-state index is 0.120. The SMILES string of the molecule is Cc1ccc(CC(=O)NC2CNC2)cc1C. The fourth-order valence-electron chi connectivity index (χ4n) is 1.77. The number of rotatable bonds is 3. The van der Waals surface area contributed by atoms with Crippen molar-refractivity contribution in [3.63, 3.8) is 0 Å². The summed E-state index contributed by atoms with van der Waals surface area (Å²) in [5, 5.41) is 6.13. The summed E-state index contributed by atoms with van der Waals surface area (Å²) >= 11 is 0. The number of nitrogens with one attached hydrogen (secondary N) is 2. The van der Waals surface area contributed by atoms with Crippen molar-refractivity contribution in [3.8, 4) is 0 Å². The molecule has 0 spiro atoms. The Labute approximate surface area is 96.2 Å². The number of benzene rings is 1. The van der Waals surface area contributed by atoms with Crippen molar-refractivity contribution < 1.29 is 4.79 Å². The minimum absolute atomic E-state index is 0.120. The zero-order valence-corrected chi connectivity index (χ0v) is 9.84. The summed E-state index contributed by atoms with van der Waals surface area (Å²) in [6.45, 7) is 5.96. The Kier molecular flexibility index (Phi) is 3.25. The van der Waals surface area contributed by atoms with Gasteiger partial charge in [-0.05, 0) is 30.5 Å². The molecule has 1 aromatic carbocycles. The first-order chi connectivity index (χ1) is 7.65. The van der Waals surface area contributed by atoms with Crippen LogP contribution in [0.15, 0.2) is 18.2 Å². The van der Waals surface area contributed by atoms with Crippen molar-refractivity contribution in [2.75, 3.05) is 13.1 Å². The van der Waals surface area contributed by atoms with Crippen LogP contribution < -0.4 is 10.6 Å². The maximum Gasteiger partial charge on any atom is 0.224 e. The Morgan fingerprint density at radius 2 is 2.12 bits per heavy atom. The van der Waals surface area contributed by atoms with Gasteiger partial charge in [0.15, 0.2) is 0 Å². The molecule has 0 aromatic heterocycles. The lowest BCUT2D eigenvalue weighted by Crippen LogP contribution is -2.57. The molecule has 1 aliphatic heterocycles. The zero-order chi connectivity index (χ0) is 11.5. The van der Waals surface area contributed by atoms with Gasteiger partial charge in [-0.15, -0.1) is 0 Å². The highest BCUT2D eigenvalue weighted by Gasteiger charge is 2.18. The zero-order valence-electron chi connectivity index (χ0n) is 9.84. The largest absolute Gasteiger partial charge is 0.351 e. The molecule has 2 rings (SSSR count). The molecule has 1 fully saturated rings. The second kappa shape index (κ2) is 4.66. The van der Waals surface area contributed by atoms with Crippen LogP contribution in [0, 0.1) is 13.8 Å². The summed E-state index contributed by atoms with van der Waals surface area (Å²) in [7, 11) is 0. The van der Waals surface area contributed by atoms with Gasteiger partial charge in [-0.2, -0.15) is 0 Å². The molecular formula is C13H18N2O. The molecule has 1 aliphatic rings. The van der Waals surface area contributed by atoms with Crippen LogP contribution in [0.4, 0.5) is 0 Å². The molecule has 0 aliphatic carbocycles. The first kappa shape index (κ1) is 11.1. The normalized spacial score (nSPS) is 15.6. The van der Waals surface area contributed by atoms with Gasteiger partial charge < -0.3 is 10.6 Å². The number of hydrogen-bond acceptors (Lipinski definition) is 2. The molecule has 1 amide bonds. The second-order valence-corrected chi connectivity index (χ2v) is 4.52.